The number of hydrogen-bond acceptors (Lipinski definition) is 4. The molecular formula is C102H129Cl8F5N2O2. The summed E-state index contributed by atoms with van der Waals surface area (Å²) in [5.74, 6) is 2.53. The van der Waals surface area contributed by atoms with E-state index in [1.165, 1.54) is 45.5 Å². The Kier molecular flexibility index (Phi) is 50.4. The second-order valence-electron chi connectivity index (χ2n) is 33.0. The Morgan fingerprint density at radius 1 is 0.311 bits per heavy atom. The number of anilines is 1. The molecule has 0 unspecified atom stereocenters. The van der Waals surface area contributed by atoms with Gasteiger partial charge in [-0.2, -0.15) is 5.26 Å². The van der Waals surface area contributed by atoms with E-state index in [2.05, 4.69) is 191 Å². The lowest BCUT2D eigenvalue weighted by atomic mass is 9.91. The number of aromatic hydroxyl groups is 1. The number of aryl methyl sites for hydroxylation is 4. The molecule has 0 aliphatic carbocycles. The van der Waals surface area contributed by atoms with Crippen LogP contribution in [0.15, 0.2) is 164 Å². The van der Waals surface area contributed by atoms with Crippen LogP contribution in [0.5, 0.6) is 11.5 Å². The zero-order valence-corrected chi connectivity index (χ0v) is 81.4. The first-order valence-electron chi connectivity index (χ1n) is 40.5. The van der Waals surface area contributed by atoms with Gasteiger partial charge in [-0.05, 0) is 261 Å². The van der Waals surface area contributed by atoms with Crippen molar-refractivity contribution >= 4 is 98.5 Å². The van der Waals surface area contributed by atoms with Gasteiger partial charge in [0.25, 0.3) is 0 Å². The Labute approximate surface area is 752 Å². The van der Waals surface area contributed by atoms with Crippen molar-refractivity contribution in [1.29, 1.82) is 5.26 Å². The smallest absolute Gasteiger partial charge is 0.166 e. The van der Waals surface area contributed by atoms with Crippen molar-refractivity contribution in [3.05, 3.63) is 328 Å². The lowest BCUT2D eigenvalue weighted by Gasteiger charge is -2.14. The highest BCUT2D eigenvalue weighted by atomic mass is 35.5. The summed E-state index contributed by atoms with van der Waals surface area (Å²) in [5, 5.41) is 23.0. The Morgan fingerprint density at radius 2 is 0.697 bits per heavy atom. The molecule has 0 aliphatic heterocycles. The molecule has 0 spiro atoms. The van der Waals surface area contributed by atoms with Crippen molar-refractivity contribution in [2.45, 2.75) is 265 Å². The molecule has 119 heavy (non-hydrogen) atoms. The quantitative estimate of drug-likeness (QED) is 0.0891. The average Bonchev–Trinajstić information content (AvgIpc) is 0.853. The van der Waals surface area contributed by atoms with Crippen LogP contribution in [0.4, 0.5) is 27.6 Å². The molecule has 0 atom stereocenters. The van der Waals surface area contributed by atoms with E-state index in [0.717, 1.165) is 77.5 Å². The molecule has 3 N–H and O–H groups in total. The van der Waals surface area contributed by atoms with Crippen LogP contribution < -0.4 is 10.5 Å². The van der Waals surface area contributed by atoms with Crippen LogP contribution in [0.25, 0.3) is 0 Å². The van der Waals surface area contributed by atoms with Crippen LogP contribution >= 0.6 is 92.8 Å². The lowest BCUT2D eigenvalue weighted by molar-refractivity contribution is 0.414. The van der Waals surface area contributed by atoms with E-state index in [4.69, 9.17) is 114 Å². The van der Waals surface area contributed by atoms with Gasteiger partial charge in [-0.1, -0.05) is 344 Å². The van der Waals surface area contributed by atoms with E-state index < -0.39 is 29.1 Å². The van der Waals surface area contributed by atoms with Crippen LogP contribution in [0, 0.1) is 68.1 Å². The van der Waals surface area contributed by atoms with Gasteiger partial charge in [0.05, 0.1) is 39.5 Å². The molecule has 0 bridgehead atoms. The Bertz CT molecular complexity index is 4450. The van der Waals surface area contributed by atoms with Gasteiger partial charge in [0.1, 0.15) is 17.4 Å². The maximum atomic E-state index is 13.1. The molecule has 0 amide bonds. The third kappa shape index (κ3) is 38.2. The highest BCUT2D eigenvalue weighted by molar-refractivity contribution is 6.42. The van der Waals surface area contributed by atoms with Gasteiger partial charge < -0.3 is 15.6 Å². The van der Waals surface area contributed by atoms with Crippen LogP contribution in [-0.2, 0) is 0 Å². The summed E-state index contributed by atoms with van der Waals surface area (Å²) < 4.78 is 69.5. The zero-order chi connectivity index (χ0) is 91.5. The maximum absolute atomic E-state index is 13.1. The van der Waals surface area contributed by atoms with E-state index in [-0.39, 0.29) is 23.5 Å². The van der Waals surface area contributed by atoms with E-state index in [1.54, 1.807) is 45.2 Å². The van der Waals surface area contributed by atoms with Gasteiger partial charge in [-0.15, -0.1) is 0 Å². The molecule has 17 heteroatoms. The van der Waals surface area contributed by atoms with Crippen LogP contribution in [-0.4, -0.2) is 12.2 Å². The largest absolute Gasteiger partial charge is 0.505 e. The Morgan fingerprint density at radius 3 is 1.11 bits per heavy atom. The summed E-state index contributed by atoms with van der Waals surface area (Å²) in [6.07, 6.45) is 0. The second kappa shape index (κ2) is 54.5. The number of ether oxygens (including phenoxy) is 1. The summed E-state index contributed by atoms with van der Waals surface area (Å²) in [6.45, 7) is 57.8. The summed E-state index contributed by atoms with van der Waals surface area (Å²) in [6, 6.07) is 52.3. The highest BCUT2D eigenvalue weighted by Crippen LogP contribution is 2.36. The first-order chi connectivity index (χ1) is 55.3. The van der Waals surface area contributed by atoms with Gasteiger partial charge in [0.2, 0.25) is 0 Å². The van der Waals surface area contributed by atoms with Gasteiger partial charge >= 0.3 is 0 Å². The van der Waals surface area contributed by atoms with E-state index in [9.17, 15) is 22.0 Å². The second-order valence-corrected chi connectivity index (χ2v) is 36.2. The summed E-state index contributed by atoms with van der Waals surface area (Å²) in [5.41, 5.74) is 24.0. The number of nitrogen functional groups attached to an aromatic ring is 1. The number of methoxy groups -OCH3 is 1. The molecule has 0 fully saturated rings. The van der Waals surface area contributed by atoms with Crippen molar-refractivity contribution in [3.63, 3.8) is 0 Å². The van der Waals surface area contributed by atoms with Gasteiger partial charge in [0, 0.05) is 31.2 Å². The number of nitrogens with zero attached hydrogens (tertiary/aromatic N) is 1. The van der Waals surface area contributed by atoms with Crippen molar-refractivity contribution < 1.29 is 31.8 Å². The molecule has 0 aliphatic rings. The van der Waals surface area contributed by atoms with Crippen LogP contribution in [0.2, 0.25) is 40.2 Å². The molecule has 0 saturated carbocycles. The van der Waals surface area contributed by atoms with E-state index in [0.29, 0.717) is 101 Å². The number of nitrogens with two attached hydrogens (primary N) is 1. The molecule has 10 rings (SSSR count). The van der Waals surface area contributed by atoms with Gasteiger partial charge in [-0.25, -0.2) is 22.0 Å². The number of hydrogen-bond donors (Lipinski definition) is 2. The topological polar surface area (TPSA) is 79.3 Å². The molecule has 0 saturated heterocycles. The maximum Gasteiger partial charge on any atom is 0.166 e. The first kappa shape index (κ1) is 110. The SMILES string of the molecule is CC(C)c1cc(N)c(Cl)cc1Cl.CC(C)c1cc(O)c(F)cc1Cl.CC(C)c1cccc(Cl)c1Cl.CC(C)c1ccccc1C(C)C.CC(C)c1ccccc1C(C)C.COc1ccc(Cl)c(C(C)C)c1.Cc1cc(C#N)cc(C(C)C)c1.Cc1cc(C(C)C)c(Cl)cc1Cl.Cc1cc(C(C)C)c(F)cc1F.Cc1cc(F)c(F)c(C(C)C)c1. The molecule has 10 aromatic rings. The average molecular weight is 1790 g/mol. The molecule has 0 aromatic heterocycles. The monoisotopic (exact) mass is 1790 g/mol. The molecule has 0 radical (unpaired) electrons. The summed E-state index contributed by atoms with van der Waals surface area (Å²) in [7, 11) is 1.66. The highest BCUT2D eigenvalue weighted by Gasteiger charge is 2.17. The van der Waals surface area contributed by atoms with Gasteiger partial charge in [-0.3, -0.25) is 0 Å². The van der Waals surface area contributed by atoms with E-state index in [1.807, 2.05) is 110 Å². The third-order valence-corrected chi connectivity index (χ3v) is 21.7. The van der Waals surface area contributed by atoms with Crippen molar-refractivity contribution in [2.75, 3.05) is 12.8 Å². The summed E-state index contributed by atoms with van der Waals surface area (Å²) in [4.78, 5) is 0. The number of halogens is 13. The minimum atomic E-state index is -0.751. The van der Waals surface area contributed by atoms with Crippen LogP contribution in [0.3, 0.4) is 0 Å². The molecule has 10 aromatic carbocycles. The third-order valence-electron chi connectivity index (χ3n) is 18.9. The molecule has 650 valence electrons. The first-order valence-corrected chi connectivity index (χ1v) is 43.5. The number of phenols is 1. The predicted molar refractivity (Wildman–Crippen MR) is 510 cm³/mol. The van der Waals surface area contributed by atoms with E-state index >= 15 is 0 Å². The Hall–Kier alpha value is -6.94. The molecular weight excluding hydrogens is 1660 g/mol. The Balaban J connectivity index is 0.000000661. The minimum Gasteiger partial charge on any atom is -0.505 e. The standard InChI is InChI=1S/2C12H18.C11H13N.C10H12Cl2.C10H13ClO.2C10H12F2.C9H11Cl2N.C9H10Cl2.C9H10ClFO/c2*1-9(2)11-7-5-6-8-12(11)10(3)4;1-8(2)11-5-9(3)4-10(6-11)7-12;1-6(2)8-4-7(3)9(11)5-10(8)12;1-7(2)9-6-8(12-3)4-5-10(9)11;1-6(2)8-4-7(3)9(11)5-10(8)12;1-6(2)8-4-7(3)5-9(11)10(8)12;1-5(2)6-3-9(12)8(11)4-7(6)10;1-6(2)7-4-3-5-8(10)9(7)11;1-5(2)6-3-9(12)8(11)4-7(6)10/h2*5-10H,1-4H3;4-6,8H,1-3H3;4-6H,1-3H3;4-7H,1-3H3;2*4-6H,1-3H3;3-5H,12H2,1-2H3;3-6H,1-2H3;3-5,12H,1-2H3. The number of benzene rings is 10. The van der Waals surface area contributed by atoms with Gasteiger partial charge in [0.15, 0.2) is 23.2 Å². The zero-order valence-electron chi connectivity index (χ0n) is 75.3. The fourth-order valence-corrected chi connectivity index (χ4v) is 14.3. The molecule has 0 heterocycles. The fraction of sp³-hybridized carbons (Fsp3) is 0.402. The van der Waals surface area contributed by atoms with Crippen molar-refractivity contribution in [2.24, 2.45) is 0 Å². The lowest BCUT2D eigenvalue weighted by Crippen LogP contribution is -1.97. The summed E-state index contributed by atoms with van der Waals surface area (Å²) >= 11 is 47.2. The number of phenolic OH excluding ortho intramolecular Hbond substituents is 1. The van der Waals surface area contributed by atoms with Crippen LogP contribution in [0.1, 0.15) is 332 Å². The van der Waals surface area contributed by atoms with Crippen molar-refractivity contribution in [1.82, 2.24) is 0 Å². The normalized spacial score (nSPS) is 10.7. The predicted octanol–water partition coefficient (Wildman–Crippen LogP) is 36.7. The minimum absolute atomic E-state index is 0.0272. The molecule has 4 nitrogen and oxygen atoms in total. The number of rotatable bonds is 13. The van der Waals surface area contributed by atoms with Crippen molar-refractivity contribution in [3.8, 4) is 17.6 Å². The number of nitriles is 1. The fourth-order valence-electron chi connectivity index (χ4n) is 11.8.